The van der Waals surface area contributed by atoms with E-state index >= 15 is 0 Å². The van der Waals surface area contributed by atoms with Gasteiger partial charge in [0.2, 0.25) is 0 Å². The summed E-state index contributed by atoms with van der Waals surface area (Å²) >= 11 is 0. The van der Waals surface area contributed by atoms with E-state index in [9.17, 15) is 12.8 Å². The van der Waals surface area contributed by atoms with Gasteiger partial charge in [0.1, 0.15) is 10.7 Å². The van der Waals surface area contributed by atoms with Crippen LogP contribution in [0.1, 0.15) is 39.0 Å². The topological polar surface area (TPSA) is 73.8 Å². The fourth-order valence-electron chi connectivity index (χ4n) is 4.33. The van der Waals surface area contributed by atoms with Crippen molar-refractivity contribution in [2.24, 2.45) is 4.99 Å². The second kappa shape index (κ2) is 9.22. The molecule has 0 amide bonds. The van der Waals surface area contributed by atoms with Crippen molar-refractivity contribution in [1.29, 1.82) is 0 Å². The Morgan fingerprint density at radius 3 is 2.57 bits per heavy atom. The van der Waals surface area contributed by atoms with Gasteiger partial charge in [-0.05, 0) is 51.8 Å². The number of halogens is 1. The van der Waals surface area contributed by atoms with Gasteiger partial charge in [-0.3, -0.25) is 4.99 Å². The smallest absolute Gasteiger partial charge is 0.191 e. The maximum Gasteiger partial charge on any atom is 0.191 e. The van der Waals surface area contributed by atoms with Crippen LogP contribution in [0.25, 0.3) is 0 Å². The fraction of sp³-hybridized carbons (Fsp3) is 0.650. The number of guanidine groups is 1. The first-order valence-electron chi connectivity index (χ1n) is 10.1. The number of fused-ring (bicyclic) bond motifs is 2. The van der Waals surface area contributed by atoms with Gasteiger partial charge < -0.3 is 15.5 Å². The van der Waals surface area contributed by atoms with Gasteiger partial charge in [0, 0.05) is 24.7 Å². The van der Waals surface area contributed by atoms with Gasteiger partial charge in [-0.25, -0.2) is 12.8 Å². The maximum absolute atomic E-state index is 13.8. The molecule has 2 saturated heterocycles. The molecular weight excluding hydrogens is 379 g/mol. The maximum atomic E-state index is 13.8. The van der Waals surface area contributed by atoms with Crippen LogP contribution in [0.4, 0.5) is 4.39 Å². The van der Waals surface area contributed by atoms with Crippen molar-refractivity contribution in [3.05, 3.63) is 30.1 Å². The van der Waals surface area contributed by atoms with E-state index in [2.05, 4.69) is 27.6 Å². The van der Waals surface area contributed by atoms with Crippen LogP contribution >= 0.6 is 0 Å². The Balaban J connectivity index is 1.61. The first-order chi connectivity index (χ1) is 13.4. The molecule has 6 nitrogen and oxygen atoms in total. The van der Waals surface area contributed by atoms with Crippen LogP contribution in [-0.4, -0.2) is 63.3 Å². The lowest BCUT2D eigenvalue weighted by molar-refractivity contribution is 0.0526. The number of hydrogen-bond donors (Lipinski definition) is 2. The number of rotatable bonds is 6. The van der Waals surface area contributed by atoms with Crippen molar-refractivity contribution in [2.45, 2.75) is 62.0 Å². The Morgan fingerprint density at radius 1 is 1.25 bits per heavy atom. The highest BCUT2D eigenvalue weighted by atomic mass is 32.2. The first-order valence-corrected chi connectivity index (χ1v) is 11.8. The van der Waals surface area contributed by atoms with Crippen LogP contribution in [0.2, 0.25) is 0 Å². The lowest BCUT2D eigenvalue weighted by Crippen LogP contribution is -2.56. The second-order valence-corrected chi connectivity index (χ2v) is 9.80. The number of sulfone groups is 1. The minimum Gasteiger partial charge on any atom is -0.357 e. The van der Waals surface area contributed by atoms with Gasteiger partial charge in [-0.15, -0.1) is 0 Å². The number of nitrogens with zero attached hydrogens (tertiary/aromatic N) is 2. The van der Waals surface area contributed by atoms with Crippen LogP contribution in [0, 0.1) is 5.82 Å². The van der Waals surface area contributed by atoms with Crippen LogP contribution in [0.15, 0.2) is 34.2 Å². The second-order valence-electron chi connectivity index (χ2n) is 7.73. The first kappa shape index (κ1) is 21.0. The van der Waals surface area contributed by atoms with Crippen LogP contribution in [0.3, 0.4) is 0 Å². The van der Waals surface area contributed by atoms with E-state index in [4.69, 9.17) is 0 Å². The summed E-state index contributed by atoms with van der Waals surface area (Å²) in [6.07, 6.45) is 5.92. The zero-order valence-corrected chi connectivity index (χ0v) is 17.5. The Labute approximate surface area is 167 Å². The van der Waals surface area contributed by atoms with Crippen molar-refractivity contribution >= 4 is 15.8 Å². The van der Waals surface area contributed by atoms with Crippen molar-refractivity contribution < 1.29 is 12.8 Å². The summed E-state index contributed by atoms with van der Waals surface area (Å²) in [5.74, 6) is -0.295. The summed E-state index contributed by atoms with van der Waals surface area (Å²) in [6, 6.07) is 7.03. The summed E-state index contributed by atoms with van der Waals surface area (Å²) in [5.41, 5.74) is 0. The normalized spacial score (nSPS) is 26.1. The molecule has 2 atom stereocenters. The number of benzene rings is 1. The molecule has 156 valence electrons. The Hall–Kier alpha value is -1.67. The van der Waals surface area contributed by atoms with Gasteiger partial charge in [-0.1, -0.05) is 18.6 Å². The van der Waals surface area contributed by atoms with Crippen molar-refractivity contribution in [1.82, 2.24) is 15.5 Å². The Kier molecular flexibility index (Phi) is 6.93. The molecular formula is C20H31FN4O2S. The fourth-order valence-corrected chi connectivity index (χ4v) is 5.53. The molecule has 0 aliphatic carbocycles. The number of piperidine rings is 2. The zero-order chi connectivity index (χ0) is 20.1. The molecule has 2 unspecified atom stereocenters. The van der Waals surface area contributed by atoms with Crippen LogP contribution in [-0.2, 0) is 9.84 Å². The predicted molar refractivity (Wildman–Crippen MR) is 110 cm³/mol. The SMILES string of the molecule is CCNC(=NCCS(=O)(=O)c1ccccc1F)NC1CC2CCCC(C1)N2C. The number of hydrogen-bond acceptors (Lipinski definition) is 4. The molecule has 0 saturated carbocycles. The van der Waals surface area contributed by atoms with E-state index in [0.29, 0.717) is 30.6 Å². The van der Waals surface area contributed by atoms with Crippen LogP contribution < -0.4 is 10.6 Å². The zero-order valence-electron chi connectivity index (χ0n) is 16.7. The highest BCUT2D eigenvalue weighted by Crippen LogP contribution is 2.32. The molecule has 0 aromatic heterocycles. The highest BCUT2D eigenvalue weighted by molar-refractivity contribution is 7.91. The minimum atomic E-state index is -3.70. The molecule has 3 rings (SSSR count). The van der Waals surface area contributed by atoms with Crippen molar-refractivity contribution in [3.8, 4) is 0 Å². The predicted octanol–water partition coefficient (Wildman–Crippen LogP) is 2.17. The Bertz CT molecular complexity index is 785. The number of aliphatic imine (C=N–C) groups is 1. The van der Waals surface area contributed by atoms with Gasteiger partial charge in [0.15, 0.2) is 15.8 Å². The highest BCUT2D eigenvalue weighted by Gasteiger charge is 2.36. The average Bonchev–Trinajstić information content (AvgIpc) is 2.63. The average molecular weight is 411 g/mol. The van der Waals surface area contributed by atoms with Gasteiger partial charge >= 0.3 is 0 Å². The van der Waals surface area contributed by atoms with Crippen molar-refractivity contribution in [2.75, 3.05) is 25.9 Å². The van der Waals surface area contributed by atoms with Gasteiger partial charge in [-0.2, -0.15) is 0 Å². The third kappa shape index (κ3) is 5.03. The standard InChI is InChI=1S/C20H31FN4O2S/c1-3-22-20(24-15-13-16-7-6-8-17(14-15)25(16)2)23-11-12-28(26,27)19-10-5-4-9-18(19)21/h4-5,9-10,15-17H,3,6-8,11-14H2,1-2H3,(H2,22,23,24). The summed E-state index contributed by atoms with van der Waals surface area (Å²) in [6.45, 7) is 2.77. The van der Waals surface area contributed by atoms with E-state index < -0.39 is 15.7 Å². The molecule has 2 aliphatic rings. The summed E-state index contributed by atoms with van der Waals surface area (Å²) in [5, 5.41) is 6.69. The third-order valence-corrected chi connectivity index (χ3v) is 7.55. The largest absolute Gasteiger partial charge is 0.357 e. The molecule has 2 aliphatic heterocycles. The molecule has 2 bridgehead atoms. The molecule has 2 heterocycles. The van der Waals surface area contributed by atoms with Gasteiger partial charge in [0.25, 0.3) is 0 Å². The molecule has 0 spiro atoms. The minimum absolute atomic E-state index is 0.0888. The van der Waals surface area contributed by atoms with Crippen LogP contribution in [0.5, 0.6) is 0 Å². The van der Waals surface area contributed by atoms with E-state index in [0.717, 1.165) is 12.8 Å². The lowest BCUT2D eigenvalue weighted by atomic mass is 9.82. The molecule has 8 heteroatoms. The lowest BCUT2D eigenvalue weighted by Gasteiger charge is -2.47. The van der Waals surface area contributed by atoms with E-state index in [1.54, 1.807) is 0 Å². The third-order valence-electron chi connectivity index (χ3n) is 5.83. The number of nitrogens with one attached hydrogen (secondary N) is 2. The molecule has 2 N–H and O–H groups in total. The Morgan fingerprint density at radius 2 is 1.93 bits per heavy atom. The molecule has 2 fully saturated rings. The summed E-state index contributed by atoms with van der Waals surface area (Å²) in [4.78, 5) is 6.69. The van der Waals surface area contributed by atoms with E-state index in [1.165, 1.54) is 43.5 Å². The molecule has 1 aromatic rings. The monoisotopic (exact) mass is 410 g/mol. The molecule has 28 heavy (non-hydrogen) atoms. The quantitative estimate of drug-likeness (QED) is 0.555. The van der Waals surface area contributed by atoms with Crippen molar-refractivity contribution in [3.63, 3.8) is 0 Å². The van der Waals surface area contributed by atoms with E-state index in [1.807, 2.05) is 6.92 Å². The van der Waals surface area contributed by atoms with Gasteiger partial charge in [0.05, 0.1) is 12.3 Å². The molecule has 1 aromatic carbocycles. The summed E-state index contributed by atoms with van der Waals surface area (Å²) in [7, 11) is -1.48. The molecule has 0 radical (unpaired) electrons. The van der Waals surface area contributed by atoms with E-state index in [-0.39, 0.29) is 17.2 Å². The summed E-state index contributed by atoms with van der Waals surface area (Å²) < 4.78 is 38.6.